The van der Waals surface area contributed by atoms with E-state index in [0.29, 0.717) is 24.3 Å². The van der Waals surface area contributed by atoms with E-state index in [1.54, 1.807) is 18.3 Å². The van der Waals surface area contributed by atoms with Crippen LogP contribution in [0.1, 0.15) is 16.2 Å². The summed E-state index contributed by atoms with van der Waals surface area (Å²) in [6.45, 7) is 0.392. The zero-order chi connectivity index (χ0) is 11.2. The fraction of sp³-hybridized carbons (Fsp3) is 0.0833. The van der Waals surface area contributed by atoms with Gasteiger partial charge in [0.05, 0.1) is 11.9 Å². The first kappa shape index (κ1) is 10.3. The zero-order valence-corrected chi connectivity index (χ0v) is 8.54. The number of aldehydes is 1. The van der Waals surface area contributed by atoms with Crippen molar-refractivity contribution < 1.29 is 9.53 Å². The van der Waals surface area contributed by atoms with Crippen LogP contribution in [-0.2, 0) is 6.61 Å². The second kappa shape index (κ2) is 5.02. The normalized spacial score (nSPS) is 9.75. The molecule has 0 fully saturated rings. The molecule has 0 spiro atoms. The summed E-state index contributed by atoms with van der Waals surface area (Å²) in [5, 5.41) is 0. The molecule has 0 amide bonds. The molecule has 4 nitrogen and oxygen atoms in total. The van der Waals surface area contributed by atoms with Gasteiger partial charge in [-0.3, -0.25) is 9.78 Å². The first-order valence-electron chi connectivity index (χ1n) is 4.82. The van der Waals surface area contributed by atoms with Crippen LogP contribution in [0.15, 0.2) is 42.7 Å². The van der Waals surface area contributed by atoms with Gasteiger partial charge in [-0.1, -0.05) is 6.07 Å². The summed E-state index contributed by atoms with van der Waals surface area (Å²) in [4.78, 5) is 18.4. The fourth-order valence-electron chi connectivity index (χ4n) is 1.19. The number of carbonyl (C=O) groups excluding carboxylic acids is 1. The van der Waals surface area contributed by atoms with Crippen LogP contribution < -0.4 is 4.74 Å². The number of hydrogen-bond acceptors (Lipinski definition) is 4. The molecule has 0 saturated heterocycles. The van der Waals surface area contributed by atoms with E-state index in [2.05, 4.69) is 9.97 Å². The Morgan fingerprint density at radius 3 is 2.75 bits per heavy atom. The van der Waals surface area contributed by atoms with E-state index in [1.807, 2.05) is 18.2 Å². The third-order valence-corrected chi connectivity index (χ3v) is 1.99. The van der Waals surface area contributed by atoms with Gasteiger partial charge in [0, 0.05) is 6.20 Å². The molecule has 0 aliphatic heterocycles. The highest BCUT2D eigenvalue weighted by Crippen LogP contribution is 2.10. The maximum Gasteiger partial charge on any atom is 0.168 e. The Bertz CT molecular complexity index is 454. The summed E-state index contributed by atoms with van der Waals surface area (Å²) in [5.74, 6) is 0.622. The van der Waals surface area contributed by atoms with Crippen LogP contribution in [0.3, 0.4) is 0 Å². The van der Waals surface area contributed by atoms with E-state index in [9.17, 15) is 4.79 Å². The van der Waals surface area contributed by atoms with Gasteiger partial charge in [0.2, 0.25) is 0 Å². The van der Waals surface area contributed by atoms with Crippen LogP contribution in [-0.4, -0.2) is 16.3 Å². The molecule has 2 aromatic heterocycles. The number of carbonyl (C=O) groups is 1. The Morgan fingerprint density at radius 2 is 2.12 bits per heavy atom. The molecule has 0 bridgehead atoms. The molecular formula is C12H10N2O2. The highest BCUT2D eigenvalue weighted by Gasteiger charge is 1.97. The SMILES string of the molecule is O=Cc1ccc(OCc2ccccn2)cn1. The van der Waals surface area contributed by atoms with Crippen molar-refractivity contribution in [2.75, 3.05) is 0 Å². The third-order valence-electron chi connectivity index (χ3n) is 1.99. The van der Waals surface area contributed by atoms with E-state index in [-0.39, 0.29) is 0 Å². The highest BCUT2D eigenvalue weighted by atomic mass is 16.5. The Kier molecular flexibility index (Phi) is 3.23. The largest absolute Gasteiger partial charge is 0.486 e. The number of rotatable bonds is 4. The Labute approximate surface area is 92.9 Å². The van der Waals surface area contributed by atoms with Gasteiger partial charge in [0.1, 0.15) is 18.1 Å². The minimum Gasteiger partial charge on any atom is -0.486 e. The number of ether oxygens (including phenoxy) is 1. The van der Waals surface area contributed by atoms with Gasteiger partial charge in [0.25, 0.3) is 0 Å². The molecule has 16 heavy (non-hydrogen) atoms. The third kappa shape index (κ3) is 2.63. The zero-order valence-electron chi connectivity index (χ0n) is 8.54. The smallest absolute Gasteiger partial charge is 0.168 e. The first-order chi connectivity index (χ1) is 7.88. The van der Waals surface area contributed by atoms with Crippen LogP contribution in [0.4, 0.5) is 0 Å². The Morgan fingerprint density at radius 1 is 1.19 bits per heavy atom. The number of nitrogens with zero attached hydrogens (tertiary/aromatic N) is 2. The molecule has 4 heteroatoms. The van der Waals surface area contributed by atoms with Crippen LogP contribution in [0.25, 0.3) is 0 Å². The van der Waals surface area contributed by atoms with Crippen molar-refractivity contribution in [2.24, 2.45) is 0 Å². The average molecular weight is 214 g/mol. The molecule has 0 unspecified atom stereocenters. The van der Waals surface area contributed by atoms with E-state index in [4.69, 9.17) is 4.74 Å². The summed E-state index contributed by atoms with van der Waals surface area (Å²) in [6.07, 6.45) is 3.93. The molecule has 0 saturated carbocycles. The van der Waals surface area contributed by atoms with Crippen LogP contribution in [0.5, 0.6) is 5.75 Å². The van der Waals surface area contributed by atoms with Crippen LogP contribution in [0, 0.1) is 0 Å². The lowest BCUT2D eigenvalue weighted by atomic mass is 10.3. The van der Waals surface area contributed by atoms with Crippen molar-refractivity contribution in [3.8, 4) is 5.75 Å². The predicted octanol–water partition coefficient (Wildman–Crippen LogP) is 1.87. The molecule has 0 atom stereocenters. The molecule has 0 radical (unpaired) electrons. The number of hydrogen-bond donors (Lipinski definition) is 0. The van der Waals surface area contributed by atoms with E-state index < -0.39 is 0 Å². The monoisotopic (exact) mass is 214 g/mol. The van der Waals surface area contributed by atoms with Gasteiger partial charge in [-0.25, -0.2) is 4.98 Å². The first-order valence-corrected chi connectivity index (χ1v) is 4.82. The summed E-state index contributed by atoms with van der Waals surface area (Å²) in [7, 11) is 0. The van der Waals surface area contributed by atoms with Gasteiger partial charge >= 0.3 is 0 Å². The summed E-state index contributed by atoms with van der Waals surface area (Å²) in [6, 6.07) is 8.96. The van der Waals surface area contributed by atoms with Crippen molar-refractivity contribution in [1.82, 2.24) is 9.97 Å². The van der Waals surface area contributed by atoms with Gasteiger partial charge in [-0.05, 0) is 24.3 Å². The predicted molar refractivity (Wildman–Crippen MR) is 58.2 cm³/mol. The van der Waals surface area contributed by atoms with Gasteiger partial charge in [-0.2, -0.15) is 0 Å². The van der Waals surface area contributed by atoms with Crippen molar-refractivity contribution in [1.29, 1.82) is 0 Å². The molecule has 0 aliphatic carbocycles. The minimum absolute atomic E-state index is 0.392. The van der Waals surface area contributed by atoms with Crippen molar-refractivity contribution >= 4 is 6.29 Å². The maximum absolute atomic E-state index is 10.4. The maximum atomic E-state index is 10.4. The molecular weight excluding hydrogens is 204 g/mol. The Balaban J connectivity index is 1.97. The lowest BCUT2D eigenvalue weighted by molar-refractivity contribution is 0.111. The quantitative estimate of drug-likeness (QED) is 0.729. The topological polar surface area (TPSA) is 52.1 Å². The highest BCUT2D eigenvalue weighted by molar-refractivity contribution is 5.71. The van der Waals surface area contributed by atoms with Crippen molar-refractivity contribution in [3.63, 3.8) is 0 Å². The fourth-order valence-corrected chi connectivity index (χ4v) is 1.19. The van der Waals surface area contributed by atoms with Crippen molar-refractivity contribution in [3.05, 3.63) is 54.1 Å². The molecule has 80 valence electrons. The lowest BCUT2D eigenvalue weighted by Gasteiger charge is -2.04. The standard InChI is InChI=1S/C12H10N2O2/c15-8-10-4-5-12(7-14-10)16-9-11-3-1-2-6-13-11/h1-8H,9H2. The van der Waals surface area contributed by atoms with E-state index >= 15 is 0 Å². The number of pyridine rings is 2. The van der Waals surface area contributed by atoms with E-state index in [1.165, 1.54) is 6.20 Å². The minimum atomic E-state index is 0.392. The Hall–Kier alpha value is -2.23. The molecule has 2 aromatic rings. The van der Waals surface area contributed by atoms with Crippen molar-refractivity contribution in [2.45, 2.75) is 6.61 Å². The molecule has 2 heterocycles. The molecule has 0 aliphatic rings. The lowest BCUT2D eigenvalue weighted by Crippen LogP contribution is -1.98. The molecule has 0 aromatic carbocycles. The second-order valence-corrected chi connectivity index (χ2v) is 3.15. The van der Waals surface area contributed by atoms with Crippen LogP contribution >= 0.6 is 0 Å². The van der Waals surface area contributed by atoms with Gasteiger partial charge in [0.15, 0.2) is 6.29 Å². The molecule has 2 rings (SSSR count). The summed E-state index contributed by atoms with van der Waals surface area (Å²) < 4.78 is 5.45. The summed E-state index contributed by atoms with van der Waals surface area (Å²) in [5.41, 5.74) is 1.24. The average Bonchev–Trinajstić information content (AvgIpc) is 2.38. The van der Waals surface area contributed by atoms with Gasteiger partial charge < -0.3 is 4.74 Å². The molecule has 0 N–H and O–H groups in total. The van der Waals surface area contributed by atoms with Gasteiger partial charge in [-0.15, -0.1) is 0 Å². The van der Waals surface area contributed by atoms with E-state index in [0.717, 1.165) is 5.69 Å². The number of aromatic nitrogens is 2. The van der Waals surface area contributed by atoms with Crippen LogP contribution in [0.2, 0.25) is 0 Å². The second-order valence-electron chi connectivity index (χ2n) is 3.15. The summed E-state index contributed by atoms with van der Waals surface area (Å²) >= 11 is 0.